The first-order valence-electron chi connectivity index (χ1n) is 4.01. The lowest BCUT2D eigenvalue weighted by molar-refractivity contribution is -0.137. The third-order valence-corrected chi connectivity index (χ3v) is 2.13. The first-order valence-corrected chi connectivity index (χ1v) is 5.52. The summed E-state index contributed by atoms with van der Waals surface area (Å²) in [6.45, 7) is 0. The number of halogens is 3. The van der Waals surface area contributed by atoms with Crippen LogP contribution in [0.1, 0.15) is 11.1 Å². The van der Waals surface area contributed by atoms with Crippen LogP contribution >= 0.6 is 0 Å². The fraction of sp³-hybridized carbons (Fsp3) is 0.111. The van der Waals surface area contributed by atoms with Crippen molar-refractivity contribution in [1.82, 2.24) is 0 Å². The topological polar surface area (TPSA) is 54.4 Å². The second kappa shape index (κ2) is 4.26. The van der Waals surface area contributed by atoms with E-state index in [4.69, 9.17) is 4.55 Å². The van der Waals surface area contributed by atoms with E-state index in [2.05, 4.69) is 0 Å². The van der Waals surface area contributed by atoms with Crippen LogP contribution in [0.5, 0.6) is 0 Å². The Morgan fingerprint density at radius 3 is 2.38 bits per heavy atom. The smallest absolute Gasteiger partial charge is 0.282 e. The molecule has 0 aliphatic carbocycles. The van der Waals surface area contributed by atoms with Gasteiger partial charge in [-0.1, -0.05) is 12.1 Å². The number of rotatable bonds is 2. The van der Waals surface area contributed by atoms with Crippen molar-refractivity contribution in [3.63, 3.8) is 0 Å². The minimum atomic E-state index is -4.48. The number of benzene rings is 1. The van der Waals surface area contributed by atoms with Gasteiger partial charge in [0.05, 0.1) is 11.0 Å². The molecular weight excluding hydrogens is 245 g/mol. The highest BCUT2D eigenvalue weighted by Crippen LogP contribution is 2.29. The molecule has 0 saturated heterocycles. The maximum Gasteiger partial charge on any atom is 0.416 e. The molecule has 0 aliphatic rings. The zero-order valence-corrected chi connectivity index (χ0v) is 8.59. The predicted molar refractivity (Wildman–Crippen MR) is 52.0 cm³/mol. The van der Waals surface area contributed by atoms with Gasteiger partial charge in [-0.05, 0) is 23.8 Å². The lowest BCUT2D eigenvalue weighted by Gasteiger charge is -2.06. The molecule has 0 spiro atoms. The van der Waals surface area contributed by atoms with Crippen molar-refractivity contribution in [2.75, 3.05) is 0 Å². The molecule has 0 bridgehead atoms. The zero-order chi connectivity index (χ0) is 12.4. The lowest BCUT2D eigenvalue weighted by atomic mass is 10.1. The minimum Gasteiger partial charge on any atom is -0.282 e. The molecule has 0 atom stereocenters. The van der Waals surface area contributed by atoms with Crippen LogP contribution in [0, 0.1) is 0 Å². The number of hydrogen-bond donors (Lipinski definition) is 1. The fourth-order valence-corrected chi connectivity index (χ4v) is 1.31. The van der Waals surface area contributed by atoms with Gasteiger partial charge < -0.3 is 0 Å². The molecule has 1 rings (SSSR count). The van der Waals surface area contributed by atoms with Crippen LogP contribution in [0.3, 0.4) is 0 Å². The summed E-state index contributed by atoms with van der Waals surface area (Å²) in [7, 11) is -4.33. The van der Waals surface area contributed by atoms with Gasteiger partial charge in [0.1, 0.15) is 0 Å². The predicted octanol–water partition coefficient (Wildman–Crippen LogP) is 2.56. The first-order chi connectivity index (χ1) is 7.18. The van der Waals surface area contributed by atoms with E-state index in [0.29, 0.717) is 5.41 Å². The summed E-state index contributed by atoms with van der Waals surface area (Å²) in [6.07, 6.45) is -3.60. The number of alkyl halides is 3. The molecule has 0 radical (unpaired) electrons. The Hall–Kier alpha value is -1.34. The molecule has 16 heavy (non-hydrogen) atoms. The first kappa shape index (κ1) is 12.7. The Labute approximate surface area is 90.0 Å². The van der Waals surface area contributed by atoms with Gasteiger partial charge in [0.25, 0.3) is 10.1 Å². The molecule has 0 saturated carbocycles. The molecule has 7 heteroatoms. The second-order valence-corrected chi connectivity index (χ2v) is 4.24. The second-order valence-electron chi connectivity index (χ2n) is 2.94. The highest BCUT2D eigenvalue weighted by Gasteiger charge is 2.30. The van der Waals surface area contributed by atoms with Gasteiger partial charge in [-0.2, -0.15) is 21.6 Å². The van der Waals surface area contributed by atoms with Crippen molar-refractivity contribution < 1.29 is 26.1 Å². The summed E-state index contributed by atoms with van der Waals surface area (Å²) in [5, 5.41) is 0.419. The van der Waals surface area contributed by atoms with E-state index in [-0.39, 0.29) is 5.56 Å². The Morgan fingerprint density at radius 2 is 1.88 bits per heavy atom. The third kappa shape index (κ3) is 4.03. The van der Waals surface area contributed by atoms with Crippen molar-refractivity contribution in [2.24, 2.45) is 0 Å². The zero-order valence-electron chi connectivity index (χ0n) is 7.77. The SMILES string of the molecule is O=S(=O)(O)/C=C/c1cccc(C(F)(F)F)c1. The monoisotopic (exact) mass is 252 g/mol. The molecule has 1 aromatic carbocycles. The maximum absolute atomic E-state index is 12.3. The van der Waals surface area contributed by atoms with E-state index in [1.54, 1.807) is 0 Å². The molecule has 0 aromatic heterocycles. The molecule has 1 aromatic rings. The highest BCUT2D eigenvalue weighted by molar-refractivity contribution is 7.88. The van der Waals surface area contributed by atoms with Gasteiger partial charge in [-0.25, -0.2) is 0 Å². The molecule has 0 heterocycles. The van der Waals surface area contributed by atoms with Crippen molar-refractivity contribution >= 4 is 16.2 Å². The Balaban J connectivity index is 3.05. The molecule has 0 fully saturated rings. The third-order valence-electron chi connectivity index (χ3n) is 1.65. The van der Waals surface area contributed by atoms with Crippen molar-refractivity contribution in [3.8, 4) is 0 Å². The molecule has 3 nitrogen and oxygen atoms in total. The van der Waals surface area contributed by atoms with E-state index in [1.807, 2.05) is 0 Å². The van der Waals surface area contributed by atoms with Crippen molar-refractivity contribution in [1.29, 1.82) is 0 Å². The maximum atomic E-state index is 12.3. The molecular formula is C9H7F3O3S. The largest absolute Gasteiger partial charge is 0.416 e. The molecule has 0 aliphatic heterocycles. The summed E-state index contributed by atoms with van der Waals surface area (Å²) in [5.41, 5.74) is -0.850. The van der Waals surface area contributed by atoms with Crippen molar-refractivity contribution in [2.45, 2.75) is 6.18 Å². The average Bonchev–Trinajstić information content (AvgIpc) is 2.13. The quantitative estimate of drug-likeness (QED) is 0.823. The summed E-state index contributed by atoms with van der Waals surface area (Å²) < 4.78 is 65.8. The fourth-order valence-electron chi connectivity index (χ4n) is 0.983. The van der Waals surface area contributed by atoms with Crippen LogP contribution in [0.2, 0.25) is 0 Å². The highest BCUT2D eigenvalue weighted by atomic mass is 32.2. The van der Waals surface area contributed by atoms with Crippen LogP contribution in [-0.2, 0) is 16.3 Å². The lowest BCUT2D eigenvalue weighted by Crippen LogP contribution is -2.04. The molecule has 0 unspecified atom stereocenters. The van der Waals surface area contributed by atoms with Crippen LogP contribution in [-0.4, -0.2) is 13.0 Å². The van der Waals surface area contributed by atoms with Crippen LogP contribution in [0.15, 0.2) is 29.7 Å². The average molecular weight is 252 g/mol. The van der Waals surface area contributed by atoms with Crippen LogP contribution in [0.4, 0.5) is 13.2 Å². The van der Waals surface area contributed by atoms with E-state index >= 15 is 0 Å². The summed E-state index contributed by atoms with van der Waals surface area (Å²) in [4.78, 5) is 0. The van der Waals surface area contributed by atoms with Gasteiger partial charge in [-0.15, -0.1) is 0 Å². The number of hydrogen-bond acceptors (Lipinski definition) is 2. The van der Waals surface area contributed by atoms with E-state index in [9.17, 15) is 21.6 Å². The van der Waals surface area contributed by atoms with E-state index in [0.717, 1.165) is 24.3 Å². The van der Waals surface area contributed by atoms with E-state index < -0.39 is 21.9 Å². The van der Waals surface area contributed by atoms with Crippen LogP contribution < -0.4 is 0 Å². The van der Waals surface area contributed by atoms with Crippen LogP contribution in [0.25, 0.3) is 6.08 Å². The van der Waals surface area contributed by atoms with Gasteiger partial charge in [0.2, 0.25) is 0 Å². The van der Waals surface area contributed by atoms with Gasteiger partial charge in [-0.3, -0.25) is 4.55 Å². The Bertz CT molecular complexity index is 503. The Kier molecular flexibility index (Phi) is 3.39. The summed E-state index contributed by atoms with van der Waals surface area (Å²) in [5.74, 6) is 0. The molecule has 88 valence electrons. The molecule has 0 amide bonds. The standard InChI is InChI=1S/C9H7F3O3S/c10-9(11,12)8-3-1-2-7(6-8)4-5-16(13,14)15/h1-6H,(H,13,14,15)/b5-4+. The normalized spacial score (nSPS) is 13.2. The molecule has 1 N–H and O–H groups in total. The van der Waals surface area contributed by atoms with Gasteiger partial charge in [0, 0.05) is 0 Å². The summed E-state index contributed by atoms with van der Waals surface area (Å²) >= 11 is 0. The van der Waals surface area contributed by atoms with Gasteiger partial charge >= 0.3 is 6.18 Å². The minimum absolute atomic E-state index is 0.0347. The summed E-state index contributed by atoms with van der Waals surface area (Å²) in [6, 6.07) is 4.08. The Morgan fingerprint density at radius 1 is 1.25 bits per heavy atom. The van der Waals surface area contributed by atoms with Crippen molar-refractivity contribution in [3.05, 3.63) is 40.8 Å². The van der Waals surface area contributed by atoms with Gasteiger partial charge in [0.15, 0.2) is 0 Å². The van der Waals surface area contributed by atoms with E-state index in [1.165, 1.54) is 6.07 Å².